The normalized spacial score (nSPS) is 11.2. The summed E-state index contributed by atoms with van der Waals surface area (Å²) in [7, 11) is 1.74. The van der Waals surface area contributed by atoms with Gasteiger partial charge in [0.05, 0.1) is 7.11 Å². The fourth-order valence-electron chi connectivity index (χ4n) is 2.95. The molecular formula is C22H22O. The van der Waals surface area contributed by atoms with Crippen molar-refractivity contribution in [3.63, 3.8) is 0 Å². The van der Waals surface area contributed by atoms with Crippen molar-refractivity contribution in [1.82, 2.24) is 0 Å². The Morgan fingerprint density at radius 1 is 0.913 bits per heavy atom. The van der Waals surface area contributed by atoms with Crippen LogP contribution < -0.4 is 4.74 Å². The third kappa shape index (κ3) is 3.45. The van der Waals surface area contributed by atoms with Gasteiger partial charge in [-0.25, -0.2) is 0 Å². The lowest BCUT2D eigenvalue weighted by Crippen LogP contribution is -1.89. The van der Waals surface area contributed by atoms with Gasteiger partial charge < -0.3 is 4.74 Å². The predicted molar refractivity (Wildman–Crippen MR) is 99.9 cm³/mol. The van der Waals surface area contributed by atoms with E-state index in [1.807, 2.05) is 6.07 Å². The van der Waals surface area contributed by atoms with Crippen LogP contribution in [-0.4, -0.2) is 7.11 Å². The first-order valence-electron chi connectivity index (χ1n) is 8.14. The lowest BCUT2D eigenvalue weighted by molar-refractivity contribution is 0.419. The van der Waals surface area contributed by atoms with Gasteiger partial charge in [0.25, 0.3) is 0 Å². The van der Waals surface area contributed by atoms with Crippen molar-refractivity contribution >= 4 is 22.9 Å². The largest absolute Gasteiger partial charge is 0.495 e. The van der Waals surface area contributed by atoms with E-state index in [1.54, 1.807) is 7.11 Å². The van der Waals surface area contributed by atoms with Crippen molar-refractivity contribution in [2.45, 2.75) is 19.8 Å². The lowest BCUT2D eigenvalue weighted by Gasteiger charge is -2.09. The second-order valence-corrected chi connectivity index (χ2v) is 5.74. The number of methoxy groups -OCH3 is 1. The molecule has 0 bridgehead atoms. The van der Waals surface area contributed by atoms with Gasteiger partial charge >= 0.3 is 0 Å². The van der Waals surface area contributed by atoms with Crippen LogP contribution in [0.4, 0.5) is 0 Å². The fourth-order valence-corrected chi connectivity index (χ4v) is 2.95. The van der Waals surface area contributed by atoms with E-state index in [1.165, 1.54) is 22.9 Å². The van der Waals surface area contributed by atoms with Crippen molar-refractivity contribution < 1.29 is 4.74 Å². The second-order valence-electron chi connectivity index (χ2n) is 5.74. The maximum Gasteiger partial charge on any atom is 0.133 e. The van der Waals surface area contributed by atoms with Gasteiger partial charge in [-0.3, -0.25) is 0 Å². The summed E-state index contributed by atoms with van der Waals surface area (Å²) in [6.45, 7) is 2.21. The molecule has 0 amide bonds. The Hall–Kier alpha value is -2.54. The van der Waals surface area contributed by atoms with Gasteiger partial charge in [0, 0.05) is 10.9 Å². The van der Waals surface area contributed by atoms with E-state index in [4.69, 9.17) is 4.74 Å². The molecule has 0 spiro atoms. The Bertz CT molecular complexity index is 830. The molecule has 23 heavy (non-hydrogen) atoms. The van der Waals surface area contributed by atoms with Crippen LogP contribution in [0.25, 0.3) is 22.9 Å². The van der Waals surface area contributed by atoms with Gasteiger partial charge in [0.15, 0.2) is 0 Å². The average molecular weight is 302 g/mol. The average Bonchev–Trinajstić information content (AvgIpc) is 2.60. The highest BCUT2D eigenvalue weighted by Crippen LogP contribution is 2.30. The quantitative estimate of drug-likeness (QED) is 0.527. The van der Waals surface area contributed by atoms with Gasteiger partial charge in [-0.2, -0.15) is 0 Å². The highest BCUT2D eigenvalue weighted by atomic mass is 16.5. The maximum absolute atomic E-state index is 5.66. The summed E-state index contributed by atoms with van der Waals surface area (Å²) in [6.07, 6.45) is 6.59. The van der Waals surface area contributed by atoms with Crippen LogP contribution in [0, 0.1) is 0 Å². The minimum absolute atomic E-state index is 0.934. The summed E-state index contributed by atoms with van der Waals surface area (Å²) < 4.78 is 5.66. The molecule has 0 aliphatic rings. The van der Waals surface area contributed by atoms with E-state index in [0.717, 1.165) is 23.1 Å². The van der Waals surface area contributed by atoms with Crippen molar-refractivity contribution in [1.29, 1.82) is 0 Å². The van der Waals surface area contributed by atoms with Crippen LogP contribution >= 0.6 is 0 Å². The van der Waals surface area contributed by atoms with E-state index >= 15 is 0 Å². The Morgan fingerprint density at radius 3 is 2.61 bits per heavy atom. The molecular weight excluding hydrogens is 280 g/mol. The smallest absolute Gasteiger partial charge is 0.133 e. The van der Waals surface area contributed by atoms with Gasteiger partial charge in [-0.1, -0.05) is 86.2 Å². The maximum atomic E-state index is 5.66. The molecule has 0 aliphatic carbocycles. The van der Waals surface area contributed by atoms with E-state index in [2.05, 4.69) is 73.7 Å². The number of benzene rings is 3. The van der Waals surface area contributed by atoms with Gasteiger partial charge in [-0.05, 0) is 22.9 Å². The SMILES string of the molecule is CCCc1cccc(/C=C/c2ccc3ccccc3c2OC)c1. The molecule has 0 unspecified atom stereocenters. The summed E-state index contributed by atoms with van der Waals surface area (Å²) in [4.78, 5) is 0. The summed E-state index contributed by atoms with van der Waals surface area (Å²) in [5.41, 5.74) is 3.72. The molecule has 3 aromatic rings. The van der Waals surface area contributed by atoms with Crippen LogP contribution in [0.1, 0.15) is 30.0 Å². The highest BCUT2D eigenvalue weighted by molar-refractivity contribution is 5.93. The number of fused-ring (bicyclic) bond motifs is 1. The predicted octanol–water partition coefficient (Wildman–Crippen LogP) is 5.97. The summed E-state index contributed by atoms with van der Waals surface area (Å²) in [5, 5.41) is 2.35. The van der Waals surface area contributed by atoms with Gasteiger partial charge in [0.2, 0.25) is 0 Å². The fraction of sp³-hybridized carbons (Fsp3) is 0.182. The summed E-state index contributed by atoms with van der Waals surface area (Å²) in [5.74, 6) is 0.934. The van der Waals surface area contributed by atoms with Crippen LogP contribution in [0.2, 0.25) is 0 Å². The van der Waals surface area contributed by atoms with E-state index < -0.39 is 0 Å². The van der Waals surface area contributed by atoms with Crippen molar-refractivity contribution in [2.75, 3.05) is 7.11 Å². The molecule has 3 aromatic carbocycles. The summed E-state index contributed by atoms with van der Waals surface area (Å²) in [6, 6.07) is 21.3. The minimum atomic E-state index is 0.934. The molecule has 0 radical (unpaired) electrons. The third-order valence-corrected chi connectivity index (χ3v) is 4.06. The topological polar surface area (TPSA) is 9.23 Å². The zero-order chi connectivity index (χ0) is 16.1. The first kappa shape index (κ1) is 15.4. The Balaban J connectivity index is 1.96. The number of hydrogen-bond donors (Lipinski definition) is 0. The molecule has 0 aromatic heterocycles. The molecule has 1 heteroatoms. The van der Waals surface area contributed by atoms with Crippen molar-refractivity contribution in [2.24, 2.45) is 0 Å². The number of ether oxygens (including phenoxy) is 1. The zero-order valence-corrected chi connectivity index (χ0v) is 13.8. The summed E-state index contributed by atoms with van der Waals surface area (Å²) >= 11 is 0. The Labute approximate surface area is 138 Å². The number of rotatable bonds is 5. The van der Waals surface area contributed by atoms with Crippen molar-refractivity contribution in [3.8, 4) is 5.75 Å². The van der Waals surface area contributed by atoms with Crippen molar-refractivity contribution in [3.05, 3.63) is 77.4 Å². The van der Waals surface area contributed by atoms with Crippen LogP contribution in [0.3, 0.4) is 0 Å². The monoisotopic (exact) mass is 302 g/mol. The molecule has 116 valence electrons. The third-order valence-electron chi connectivity index (χ3n) is 4.06. The first-order chi connectivity index (χ1) is 11.3. The molecule has 0 aliphatic heterocycles. The van der Waals surface area contributed by atoms with Gasteiger partial charge in [0.1, 0.15) is 5.75 Å². The molecule has 0 saturated carbocycles. The van der Waals surface area contributed by atoms with E-state index in [9.17, 15) is 0 Å². The zero-order valence-electron chi connectivity index (χ0n) is 13.8. The second kappa shape index (κ2) is 7.15. The van der Waals surface area contributed by atoms with Crippen LogP contribution in [0.15, 0.2) is 60.7 Å². The molecule has 0 saturated heterocycles. The number of hydrogen-bond acceptors (Lipinski definition) is 1. The highest BCUT2D eigenvalue weighted by Gasteiger charge is 2.05. The Morgan fingerprint density at radius 2 is 1.78 bits per heavy atom. The van der Waals surface area contributed by atoms with Crippen LogP contribution in [-0.2, 0) is 6.42 Å². The molecule has 0 fully saturated rings. The molecule has 3 rings (SSSR count). The van der Waals surface area contributed by atoms with E-state index in [-0.39, 0.29) is 0 Å². The lowest BCUT2D eigenvalue weighted by atomic mass is 10.0. The minimum Gasteiger partial charge on any atom is -0.495 e. The first-order valence-corrected chi connectivity index (χ1v) is 8.14. The number of aryl methyl sites for hydroxylation is 1. The van der Waals surface area contributed by atoms with Crippen LogP contribution in [0.5, 0.6) is 5.75 Å². The van der Waals surface area contributed by atoms with Gasteiger partial charge in [-0.15, -0.1) is 0 Å². The molecule has 0 N–H and O–H groups in total. The molecule has 0 heterocycles. The Kier molecular flexibility index (Phi) is 4.77. The molecule has 1 nitrogen and oxygen atoms in total. The standard InChI is InChI=1S/C22H22O/c1-3-7-17-8-6-9-18(16-17)12-13-20-15-14-19-10-4-5-11-21(19)22(20)23-2/h4-6,8-16H,3,7H2,1-2H3/b13-12+. The van der Waals surface area contributed by atoms with E-state index in [0.29, 0.717) is 0 Å². The molecule has 0 atom stereocenters.